The van der Waals surface area contributed by atoms with Crippen molar-refractivity contribution in [3.05, 3.63) is 78.4 Å². The van der Waals surface area contributed by atoms with Crippen molar-refractivity contribution in [2.45, 2.75) is 31.3 Å². The van der Waals surface area contributed by atoms with Gasteiger partial charge >= 0.3 is 0 Å². The molecule has 0 aliphatic heterocycles. The lowest BCUT2D eigenvalue weighted by atomic mass is 10.0. The predicted molar refractivity (Wildman–Crippen MR) is 151 cm³/mol. The zero-order valence-electron chi connectivity index (χ0n) is 21.7. The molecule has 0 fully saturated rings. The molecule has 0 aliphatic rings. The highest BCUT2D eigenvalue weighted by Crippen LogP contribution is 2.19. The minimum atomic E-state index is -0.761. The number of nitrogens with one attached hydrogen (secondary N) is 2. The van der Waals surface area contributed by atoms with E-state index in [4.69, 9.17) is 17.2 Å². The molecule has 3 rings (SSSR count). The van der Waals surface area contributed by atoms with Crippen LogP contribution < -0.4 is 27.8 Å². The van der Waals surface area contributed by atoms with E-state index in [0.717, 1.165) is 46.9 Å². The number of benzene rings is 3. The lowest BCUT2D eigenvalue weighted by Gasteiger charge is -2.34. The van der Waals surface area contributed by atoms with Crippen LogP contribution in [0.25, 0.3) is 10.8 Å². The quantitative estimate of drug-likeness (QED) is 0.213. The highest BCUT2D eigenvalue weighted by molar-refractivity contribution is 5.99. The maximum atomic E-state index is 13.3. The third kappa shape index (κ3) is 8.65. The Morgan fingerprint density at radius 2 is 1.49 bits per heavy atom. The first-order valence-electron chi connectivity index (χ1n) is 13.0. The minimum Gasteiger partial charge on any atom is -0.343 e. The zero-order valence-corrected chi connectivity index (χ0v) is 21.7. The Hall–Kier alpha value is -3.30. The van der Waals surface area contributed by atoms with Gasteiger partial charge in [-0.2, -0.15) is 0 Å². The van der Waals surface area contributed by atoms with Crippen LogP contribution in [0.15, 0.2) is 72.8 Å². The summed E-state index contributed by atoms with van der Waals surface area (Å²) in [7, 11) is 2.12. The maximum Gasteiger partial charge on any atom is 0.247 e. The summed E-state index contributed by atoms with van der Waals surface area (Å²) in [6.45, 7) is 3.65. The highest BCUT2D eigenvalue weighted by Gasteiger charge is 2.26. The molecule has 2 atom stereocenters. The second-order valence-electron chi connectivity index (χ2n) is 9.92. The fraction of sp³-hybridized carbons (Fsp3) is 0.379. The second-order valence-corrected chi connectivity index (χ2v) is 9.92. The molecular weight excluding hydrogens is 464 g/mol. The minimum absolute atomic E-state index is 0.283. The van der Waals surface area contributed by atoms with Gasteiger partial charge in [0, 0.05) is 25.2 Å². The van der Waals surface area contributed by atoms with Crippen LogP contribution in [0.4, 0.5) is 5.69 Å². The van der Waals surface area contributed by atoms with Crippen molar-refractivity contribution in [1.82, 2.24) is 5.32 Å². The Balaban J connectivity index is 1.65. The molecule has 0 bridgehead atoms. The number of quaternary nitrogens is 1. The van der Waals surface area contributed by atoms with Gasteiger partial charge in [0.05, 0.1) is 32.7 Å². The first-order valence-corrected chi connectivity index (χ1v) is 13.0. The number of carbonyl (C=O) groups is 2. The summed E-state index contributed by atoms with van der Waals surface area (Å²) in [5, 5.41) is 7.99. The fourth-order valence-corrected chi connectivity index (χ4v) is 4.62. The van der Waals surface area contributed by atoms with Crippen LogP contribution >= 0.6 is 0 Å². The molecule has 0 heterocycles. The number of likely N-dealkylation sites (N-methyl/N-ethyl adjacent to an activating group) is 1. The van der Waals surface area contributed by atoms with Gasteiger partial charge < -0.3 is 32.3 Å². The largest absolute Gasteiger partial charge is 0.343 e. The van der Waals surface area contributed by atoms with E-state index in [1.54, 1.807) is 0 Å². The number of rotatable bonds is 14. The van der Waals surface area contributed by atoms with Crippen molar-refractivity contribution < 1.29 is 14.1 Å². The lowest BCUT2D eigenvalue weighted by Crippen LogP contribution is -2.52. The molecule has 37 heavy (non-hydrogen) atoms. The summed E-state index contributed by atoms with van der Waals surface area (Å²) in [6.07, 6.45) is 1.64. The average Bonchev–Trinajstić information content (AvgIpc) is 2.89. The van der Waals surface area contributed by atoms with Gasteiger partial charge in [-0.15, -0.1) is 0 Å². The summed E-state index contributed by atoms with van der Waals surface area (Å²) in [5.41, 5.74) is 19.4. The van der Waals surface area contributed by atoms with Crippen molar-refractivity contribution in [1.29, 1.82) is 0 Å². The number of carbonyl (C=O) groups excluding carboxylic acids is 2. The van der Waals surface area contributed by atoms with E-state index >= 15 is 0 Å². The molecular formula is C29H41N6O2+. The third-order valence-corrected chi connectivity index (χ3v) is 6.82. The Bertz CT molecular complexity index is 1150. The SMILES string of the molecule is C[N+](CCN)(CCN)CCC[C@H](N)C(=O)N[C@@H](Cc1ccccc1)C(=O)Nc1ccc2ccccc2c1. The van der Waals surface area contributed by atoms with Crippen molar-refractivity contribution >= 4 is 28.3 Å². The zero-order chi connectivity index (χ0) is 26.7. The molecule has 2 amide bonds. The van der Waals surface area contributed by atoms with Gasteiger partial charge in [0.15, 0.2) is 0 Å². The molecule has 3 aromatic carbocycles. The number of hydrogen-bond donors (Lipinski definition) is 5. The number of nitrogens with two attached hydrogens (primary N) is 3. The van der Waals surface area contributed by atoms with Crippen LogP contribution in [0.3, 0.4) is 0 Å². The van der Waals surface area contributed by atoms with E-state index in [1.165, 1.54) is 0 Å². The van der Waals surface area contributed by atoms with E-state index in [-0.39, 0.29) is 11.8 Å². The highest BCUT2D eigenvalue weighted by atomic mass is 16.2. The Morgan fingerprint density at radius 1 is 0.838 bits per heavy atom. The fourth-order valence-electron chi connectivity index (χ4n) is 4.62. The van der Waals surface area contributed by atoms with E-state index < -0.39 is 12.1 Å². The van der Waals surface area contributed by atoms with Crippen LogP contribution in [0.5, 0.6) is 0 Å². The van der Waals surface area contributed by atoms with E-state index in [9.17, 15) is 9.59 Å². The number of anilines is 1. The van der Waals surface area contributed by atoms with Gasteiger partial charge in [0.2, 0.25) is 11.8 Å². The first-order chi connectivity index (χ1) is 17.8. The third-order valence-electron chi connectivity index (χ3n) is 6.82. The Labute approximate surface area is 219 Å². The van der Waals surface area contributed by atoms with Gasteiger partial charge in [-0.25, -0.2) is 0 Å². The normalized spacial score (nSPS) is 13.2. The Kier molecular flexibility index (Phi) is 10.6. The average molecular weight is 506 g/mol. The molecule has 0 spiro atoms. The summed E-state index contributed by atoms with van der Waals surface area (Å²) in [4.78, 5) is 26.3. The second kappa shape index (κ2) is 13.9. The van der Waals surface area contributed by atoms with Crippen molar-refractivity contribution in [2.75, 3.05) is 45.1 Å². The number of hydrogen-bond acceptors (Lipinski definition) is 5. The van der Waals surface area contributed by atoms with E-state index in [0.29, 0.717) is 31.6 Å². The summed E-state index contributed by atoms with van der Waals surface area (Å²) in [6, 6.07) is 21.9. The maximum absolute atomic E-state index is 13.3. The monoisotopic (exact) mass is 505 g/mol. The van der Waals surface area contributed by atoms with Crippen LogP contribution in [-0.4, -0.2) is 68.2 Å². The summed E-state index contributed by atoms with van der Waals surface area (Å²) in [5.74, 6) is -0.615. The standard InChI is InChI=1S/C29H40N6O2/c1-35(18-15-30,19-16-31)17-7-12-26(32)28(36)34-27(20-22-8-3-2-4-9-22)29(37)33-25-14-13-23-10-5-6-11-24(23)21-25/h2-6,8-11,13-14,21,26-27H,7,12,15-20,30-32H2,1H3,(H-,33,34,36,37)/p+1/t26-,27-/m0/s1. The number of amides is 2. The van der Waals surface area contributed by atoms with Crippen molar-refractivity contribution in [3.63, 3.8) is 0 Å². The first kappa shape index (κ1) is 28.3. The van der Waals surface area contributed by atoms with Crippen molar-refractivity contribution in [3.8, 4) is 0 Å². The van der Waals surface area contributed by atoms with Crippen LogP contribution in [0, 0.1) is 0 Å². The molecule has 3 aromatic rings. The molecule has 198 valence electrons. The van der Waals surface area contributed by atoms with Crippen LogP contribution in [0.1, 0.15) is 18.4 Å². The molecule has 0 aliphatic carbocycles. The molecule has 0 aromatic heterocycles. The molecule has 8 nitrogen and oxygen atoms in total. The van der Waals surface area contributed by atoms with Gasteiger partial charge in [-0.3, -0.25) is 9.59 Å². The van der Waals surface area contributed by atoms with Gasteiger partial charge in [-0.1, -0.05) is 60.7 Å². The van der Waals surface area contributed by atoms with Gasteiger partial charge in [0.25, 0.3) is 0 Å². The molecule has 8 heteroatoms. The molecule has 0 saturated heterocycles. The lowest BCUT2D eigenvalue weighted by molar-refractivity contribution is -0.907. The number of nitrogens with zero attached hydrogens (tertiary/aromatic N) is 1. The van der Waals surface area contributed by atoms with Crippen molar-refractivity contribution in [2.24, 2.45) is 17.2 Å². The van der Waals surface area contributed by atoms with Crippen LogP contribution in [0.2, 0.25) is 0 Å². The molecule has 0 saturated carbocycles. The van der Waals surface area contributed by atoms with Gasteiger partial charge in [0.1, 0.15) is 6.04 Å². The molecule has 0 radical (unpaired) electrons. The topological polar surface area (TPSA) is 136 Å². The summed E-state index contributed by atoms with van der Waals surface area (Å²) >= 11 is 0. The smallest absolute Gasteiger partial charge is 0.247 e. The van der Waals surface area contributed by atoms with Gasteiger partial charge in [-0.05, 0) is 41.3 Å². The summed E-state index contributed by atoms with van der Waals surface area (Å²) < 4.78 is 0.756. The van der Waals surface area contributed by atoms with E-state index in [1.807, 2.05) is 72.8 Å². The van der Waals surface area contributed by atoms with Crippen LogP contribution in [-0.2, 0) is 16.0 Å². The number of fused-ring (bicyclic) bond motifs is 1. The molecule has 0 unspecified atom stereocenters. The molecule has 8 N–H and O–H groups in total. The Morgan fingerprint density at radius 3 is 2.16 bits per heavy atom. The van der Waals surface area contributed by atoms with E-state index in [2.05, 4.69) is 17.7 Å². The predicted octanol–water partition coefficient (Wildman–Crippen LogP) is 1.98.